The number of aliphatic hydroxyl groups excluding tert-OH is 1. The summed E-state index contributed by atoms with van der Waals surface area (Å²) in [6.07, 6.45) is 4.78. The Labute approximate surface area is 273 Å². The molecular weight excluding hydrogens is 586 g/mol. The molecule has 2 bridgehead atoms. The van der Waals surface area contributed by atoms with Crippen molar-refractivity contribution in [2.24, 2.45) is 11.8 Å². The first-order valence-electron chi connectivity index (χ1n) is 16.5. The average molecular weight is 638 g/mol. The summed E-state index contributed by atoms with van der Waals surface area (Å²) in [6, 6.07) is 7.87. The Balaban J connectivity index is 1.68. The third-order valence-electron chi connectivity index (χ3n) is 9.88. The second-order valence-electron chi connectivity index (χ2n) is 13.8. The Kier molecular flexibility index (Phi) is 11.2. The van der Waals surface area contributed by atoms with Crippen LogP contribution in [0.5, 0.6) is 0 Å². The number of carbonyl (C=O) groups is 4. The van der Waals surface area contributed by atoms with E-state index < -0.39 is 53.2 Å². The van der Waals surface area contributed by atoms with Gasteiger partial charge in [0.15, 0.2) is 0 Å². The van der Waals surface area contributed by atoms with Gasteiger partial charge >= 0.3 is 5.97 Å². The molecule has 7 atom stereocenters. The molecule has 0 radical (unpaired) electrons. The van der Waals surface area contributed by atoms with E-state index in [1.54, 1.807) is 33.9 Å². The van der Waals surface area contributed by atoms with Crippen molar-refractivity contribution in [3.63, 3.8) is 0 Å². The lowest BCUT2D eigenvalue weighted by Gasteiger charge is -2.42. The van der Waals surface area contributed by atoms with Crippen molar-refractivity contribution in [1.82, 2.24) is 14.7 Å². The highest BCUT2D eigenvalue weighted by Gasteiger charge is 2.75. The second-order valence-corrected chi connectivity index (χ2v) is 13.8. The summed E-state index contributed by atoms with van der Waals surface area (Å²) in [5.74, 6) is -2.99. The van der Waals surface area contributed by atoms with Crippen LogP contribution in [0, 0.1) is 11.8 Å². The summed E-state index contributed by atoms with van der Waals surface area (Å²) in [4.78, 5) is 60.9. The van der Waals surface area contributed by atoms with Crippen molar-refractivity contribution in [2.45, 2.75) is 102 Å². The number of unbranched alkanes of at least 4 members (excludes halogenated alkanes) is 1. The number of allylic oxidation sites excluding steroid dienone is 1. The van der Waals surface area contributed by atoms with E-state index in [2.05, 4.69) is 13.2 Å². The van der Waals surface area contributed by atoms with Crippen molar-refractivity contribution in [2.75, 3.05) is 26.7 Å². The number of ether oxygens (including phenoxy) is 2. The number of hydrogen-bond acceptors (Lipinski definition) is 7. The number of carbonyl (C=O) groups excluding carboxylic acids is 4. The number of fused-ring (bicyclic) bond motifs is 1. The molecular formula is C36H51N3O7. The number of likely N-dealkylation sites (N-methyl/N-ethyl adjacent to an activating group) is 1. The van der Waals surface area contributed by atoms with E-state index in [0.29, 0.717) is 38.6 Å². The predicted octanol–water partition coefficient (Wildman–Crippen LogP) is 4.04. The van der Waals surface area contributed by atoms with Crippen LogP contribution in [0.15, 0.2) is 55.6 Å². The van der Waals surface area contributed by atoms with Crippen LogP contribution in [0.25, 0.3) is 0 Å². The van der Waals surface area contributed by atoms with Gasteiger partial charge in [0.1, 0.15) is 17.7 Å². The number of nitrogens with zero attached hydrogens (tertiary/aromatic N) is 3. The van der Waals surface area contributed by atoms with E-state index >= 15 is 0 Å². The summed E-state index contributed by atoms with van der Waals surface area (Å²) >= 11 is 0. The molecule has 0 aromatic heterocycles. The smallest absolute Gasteiger partial charge is 0.313 e. The van der Waals surface area contributed by atoms with E-state index in [0.717, 1.165) is 5.56 Å². The summed E-state index contributed by atoms with van der Waals surface area (Å²) < 4.78 is 12.9. The van der Waals surface area contributed by atoms with Crippen LogP contribution in [0.2, 0.25) is 0 Å². The van der Waals surface area contributed by atoms with Gasteiger partial charge in [-0.2, -0.15) is 0 Å². The maximum atomic E-state index is 14.4. The summed E-state index contributed by atoms with van der Waals surface area (Å²) in [5, 5.41) is 9.46. The molecule has 0 aliphatic carbocycles. The average Bonchev–Trinajstić information content (AvgIpc) is 3.67. The Morgan fingerprint density at radius 1 is 1.17 bits per heavy atom. The topological polar surface area (TPSA) is 117 Å². The summed E-state index contributed by atoms with van der Waals surface area (Å²) in [7, 11) is 1.70. The van der Waals surface area contributed by atoms with E-state index in [1.165, 1.54) is 0 Å². The third kappa shape index (κ3) is 6.65. The number of benzene rings is 1. The number of rotatable bonds is 15. The molecule has 3 saturated heterocycles. The zero-order valence-electron chi connectivity index (χ0n) is 28.0. The molecule has 3 heterocycles. The van der Waals surface area contributed by atoms with Gasteiger partial charge in [0.2, 0.25) is 17.7 Å². The fraction of sp³-hybridized carbons (Fsp3) is 0.611. The normalized spacial score (nSPS) is 26.3. The quantitative estimate of drug-likeness (QED) is 0.175. The van der Waals surface area contributed by atoms with Gasteiger partial charge in [-0.25, -0.2) is 0 Å². The maximum Gasteiger partial charge on any atom is 0.313 e. The Hall–Kier alpha value is -3.50. The van der Waals surface area contributed by atoms with E-state index in [4.69, 9.17) is 9.47 Å². The Bertz CT molecular complexity index is 1290. The molecule has 0 saturated carbocycles. The number of likely N-dealkylation sites (tertiary alicyclic amines) is 1. The first-order valence-corrected chi connectivity index (χ1v) is 16.5. The van der Waals surface area contributed by atoms with Gasteiger partial charge in [-0.05, 0) is 65.4 Å². The lowest BCUT2D eigenvalue weighted by molar-refractivity contribution is -0.164. The number of hydrogen-bond donors (Lipinski definition) is 1. The fourth-order valence-corrected chi connectivity index (χ4v) is 7.43. The molecule has 10 nitrogen and oxygen atoms in total. The molecule has 46 heavy (non-hydrogen) atoms. The van der Waals surface area contributed by atoms with Gasteiger partial charge in [-0.15, -0.1) is 13.2 Å². The van der Waals surface area contributed by atoms with Crippen LogP contribution in [0.4, 0.5) is 0 Å². The molecule has 1 aromatic carbocycles. The highest BCUT2D eigenvalue weighted by Crippen LogP contribution is 2.59. The van der Waals surface area contributed by atoms with Crippen LogP contribution < -0.4 is 0 Å². The molecule has 1 aromatic rings. The lowest BCUT2D eigenvalue weighted by atomic mass is 9.70. The minimum Gasteiger partial charge on any atom is -0.455 e. The Morgan fingerprint density at radius 2 is 1.87 bits per heavy atom. The van der Waals surface area contributed by atoms with Crippen molar-refractivity contribution in [3.05, 3.63) is 61.2 Å². The highest BCUT2D eigenvalue weighted by atomic mass is 16.6. The monoisotopic (exact) mass is 637 g/mol. The fourth-order valence-electron chi connectivity index (χ4n) is 7.43. The molecule has 4 rings (SSSR count). The van der Waals surface area contributed by atoms with E-state index in [-0.39, 0.29) is 37.3 Å². The van der Waals surface area contributed by atoms with Crippen LogP contribution in [0.1, 0.15) is 77.9 Å². The molecule has 3 aliphatic heterocycles. The minimum absolute atomic E-state index is 0.0308. The van der Waals surface area contributed by atoms with Crippen molar-refractivity contribution >= 4 is 23.7 Å². The predicted molar refractivity (Wildman–Crippen MR) is 174 cm³/mol. The molecule has 0 unspecified atom stereocenters. The van der Waals surface area contributed by atoms with Crippen molar-refractivity contribution in [1.29, 1.82) is 0 Å². The van der Waals surface area contributed by atoms with E-state index in [9.17, 15) is 24.3 Å². The highest BCUT2D eigenvalue weighted by molar-refractivity contribution is 5.98. The van der Waals surface area contributed by atoms with Gasteiger partial charge in [0.05, 0.1) is 24.0 Å². The van der Waals surface area contributed by atoms with Crippen molar-refractivity contribution < 1.29 is 33.8 Å². The molecule has 3 amide bonds. The zero-order chi connectivity index (χ0) is 33.8. The summed E-state index contributed by atoms with van der Waals surface area (Å²) in [6.45, 7) is 15.7. The van der Waals surface area contributed by atoms with Gasteiger partial charge in [0.25, 0.3) is 0 Å². The standard InChI is InChI=1S/C36H51N3O7/c1-8-10-18-27(41)37(7)24(3)30(25-16-12-11-13-17-25)45-34(44)28-26-19-20-36(46-26)29(28)32(42)38(22-14-15-23-40)31(36)33(43)39(21-9-2)35(4,5)6/h8-9,11-13,16-17,24,26,28-31,40H,1-2,10,14-15,18-23H2,3-7H3/t24-,26+,28-,29-,30+,31+,36-/m1/s1. The van der Waals surface area contributed by atoms with Gasteiger partial charge in [-0.1, -0.05) is 42.5 Å². The van der Waals surface area contributed by atoms with Crippen LogP contribution in [-0.4, -0.2) is 99.6 Å². The first-order chi connectivity index (χ1) is 21.8. The van der Waals surface area contributed by atoms with E-state index in [1.807, 2.05) is 58.0 Å². The molecule has 3 aliphatic rings. The van der Waals surface area contributed by atoms with Crippen LogP contribution in [0.3, 0.4) is 0 Å². The number of amides is 3. The lowest BCUT2D eigenvalue weighted by Crippen LogP contribution is -2.59. The molecule has 3 fully saturated rings. The zero-order valence-corrected chi connectivity index (χ0v) is 28.0. The van der Waals surface area contributed by atoms with Gasteiger partial charge in [-0.3, -0.25) is 19.2 Å². The van der Waals surface area contributed by atoms with Crippen LogP contribution >= 0.6 is 0 Å². The molecule has 252 valence electrons. The number of esters is 1. The first kappa shape index (κ1) is 35.4. The maximum absolute atomic E-state index is 14.4. The van der Waals surface area contributed by atoms with Gasteiger partial charge < -0.3 is 29.3 Å². The van der Waals surface area contributed by atoms with Crippen molar-refractivity contribution in [3.8, 4) is 0 Å². The SMILES string of the molecule is C=CCCC(=O)N(C)[C@H](C)[C@H](OC(=O)[C@@H]1[C@@H]2CC[C@]3(O2)[C@H](C(=O)N(CC=C)C(C)(C)C)N(CCCCO)C(=O)[C@@H]13)c1ccccc1. The van der Waals surface area contributed by atoms with Gasteiger partial charge in [0, 0.05) is 38.7 Å². The summed E-state index contributed by atoms with van der Waals surface area (Å²) in [5.41, 5.74) is -0.993. The minimum atomic E-state index is -1.17. The second kappa shape index (κ2) is 14.5. The largest absolute Gasteiger partial charge is 0.455 e. The molecule has 10 heteroatoms. The molecule has 1 spiro atoms. The molecule has 1 N–H and O–H groups in total. The Morgan fingerprint density at radius 3 is 2.48 bits per heavy atom. The van der Waals surface area contributed by atoms with Crippen LogP contribution in [-0.2, 0) is 28.7 Å². The number of aliphatic hydroxyl groups is 1. The third-order valence-corrected chi connectivity index (χ3v) is 9.88.